The predicted molar refractivity (Wildman–Crippen MR) is 55.1 cm³/mol. The Kier molecular flexibility index (Phi) is 4.58. The van der Waals surface area contributed by atoms with Gasteiger partial charge in [-0.1, -0.05) is 0 Å². The molecular weight excluding hydrogens is 220 g/mol. The Morgan fingerprint density at radius 2 is 2.53 bits per heavy atom. The van der Waals surface area contributed by atoms with Gasteiger partial charge in [0, 0.05) is 13.0 Å². The van der Waals surface area contributed by atoms with Gasteiger partial charge in [-0.05, 0) is 6.92 Å². The van der Waals surface area contributed by atoms with E-state index in [4.69, 9.17) is 20.8 Å². The van der Waals surface area contributed by atoms with Gasteiger partial charge in [-0.25, -0.2) is 4.98 Å². The summed E-state index contributed by atoms with van der Waals surface area (Å²) in [7, 11) is 1.55. The van der Waals surface area contributed by atoms with Crippen molar-refractivity contribution in [2.45, 2.75) is 13.0 Å². The Morgan fingerprint density at radius 1 is 1.80 bits per heavy atom. The number of nitrogens with one attached hydrogen (secondary N) is 1. The highest BCUT2D eigenvalue weighted by Crippen LogP contribution is 2.05. The minimum atomic E-state index is -0.326. The number of hydrogen-bond acceptors (Lipinski definition) is 4. The number of ether oxygens (including phenoxy) is 1. The first-order valence-corrected chi connectivity index (χ1v) is 4.98. The Balaban J connectivity index is 2.58. The Bertz CT molecular complexity index is 327. The zero-order valence-electron chi connectivity index (χ0n) is 8.62. The molecule has 1 rings (SSSR count). The van der Waals surface area contributed by atoms with Gasteiger partial charge in [0.15, 0.2) is 6.39 Å². The molecule has 0 aliphatic rings. The molecule has 0 aliphatic carbocycles. The fourth-order valence-corrected chi connectivity index (χ4v) is 1.26. The summed E-state index contributed by atoms with van der Waals surface area (Å²) in [4.78, 5) is 15.4. The average Bonchev–Trinajstić information content (AvgIpc) is 2.63. The minimum absolute atomic E-state index is 0.209. The lowest BCUT2D eigenvalue weighted by atomic mass is 10.3. The number of alkyl halides is 1. The molecular formula is C9H13ClN2O3. The molecule has 1 heterocycles. The lowest BCUT2D eigenvalue weighted by molar-refractivity contribution is 0.0878. The minimum Gasteiger partial charge on any atom is -0.438 e. The van der Waals surface area contributed by atoms with E-state index in [1.807, 2.05) is 0 Å². The van der Waals surface area contributed by atoms with E-state index in [-0.39, 0.29) is 23.6 Å². The molecule has 0 saturated carbocycles. The molecule has 0 aliphatic heterocycles. The van der Waals surface area contributed by atoms with Crippen LogP contribution in [0.15, 0.2) is 10.8 Å². The largest absolute Gasteiger partial charge is 0.438 e. The van der Waals surface area contributed by atoms with Crippen molar-refractivity contribution < 1.29 is 13.9 Å². The highest BCUT2D eigenvalue weighted by molar-refractivity contribution is 6.18. The average molecular weight is 233 g/mol. The van der Waals surface area contributed by atoms with E-state index in [1.165, 1.54) is 6.39 Å². The molecule has 0 bridgehead atoms. The number of halogens is 1. The van der Waals surface area contributed by atoms with E-state index in [9.17, 15) is 4.79 Å². The van der Waals surface area contributed by atoms with Crippen molar-refractivity contribution in [2.75, 3.05) is 19.6 Å². The normalized spacial score (nSPS) is 12.5. The lowest BCUT2D eigenvalue weighted by Crippen LogP contribution is -2.39. The molecule has 0 aromatic carbocycles. The summed E-state index contributed by atoms with van der Waals surface area (Å²) < 4.78 is 9.84. The van der Waals surface area contributed by atoms with Crippen LogP contribution in [0.25, 0.3) is 0 Å². The second-order valence-corrected chi connectivity index (χ2v) is 3.36. The number of oxazole rings is 1. The summed E-state index contributed by atoms with van der Waals surface area (Å²) in [6.45, 7) is 2.06. The van der Waals surface area contributed by atoms with Gasteiger partial charge in [-0.2, -0.15) is 0 Å². The van der Waals surface area contributed by atoms with E-state index in [1.54, 1.807) is 14.0 Å². The molecule has 1 atom stereocenters. The number of hydrogen-bond donors (Lipinski definition) is 1. The SMILES string of the molecule is COCC(CCl)NC(=O)c1ocnc1C. The molecule has 0 saturated heterocycles. The molecule has 15 heavy (non-hydrogen) atoms. The molecule has 0 spiro atoms. The van der Waals surface area contributed by atoms with Crippen LogP contribution in [0.2, 0.25) is 0 Å². The molecule has 1 unspecified atom stereocenters. The van der Waals surface area contributed by atoms with Gasteiger partial charge in [0.05, 0.1) is 18.3 Å². The number of aromatic nitrogens is 1. The van der Waals surface area contributed by atoms with Crippen molar-refractivity contribution in [2.24, 2.45) is 0 Å². The molecule has 5 nitrogen and oxygen atoms in total. The van der Waals surface area contributed by atoms with Crippen LogP contribution in [0.5, 0.6) is 0 Å². The number of rotatable bonds is 5. The Morgan fingerprint density at radius 3 is 3.00 bits per heavy atom. The number of methoxy groups -OCH3 is 1. The van der Waals surface area contributed by atoms with Gasteiger partial charge in [-0.15, -0.1) is 11.6 Å². The molecule has 0 fully saturated rings. The fourth-order valence-electron chi connectivity index (χ4n) is 1.10. The maximum atomic E-state index is 11.6. The van der Waals surface area contributed by atoms with E-state index in [0.717, 1.165) is 0 Å². The summed E-state index contributed by atoms with van der Waals surface area (Å²) in [6.07, 6.45) is 1.23. The topological polar surface area (TPSA) is 64.4 Å². The third-order valence-corrected chi connectivity index (χ3v) is 2.21. The lowest BCUT2D eigenvalue weighted by Gasteiger charge is -2.13. The molecule has 1 amide bonds. The number of nitrogens with zero attached hydrogens (tertiary/aromatic N) is 1. The number of amides is 1. The molecule has 1 aromatic rings. The van der Waals surface area contributed by atoms with E-state index in [0.29, 0.717) is 12.3 Å². The van der Waals surface area contributed by atoms with Crippen LogP contribution in [0.3, 0.4) is 0 Å². The molecule has 84 valence electrons. The summed E-state index contributed by atoms with van der Waals surface area (Å²) in [5.74, 6) is 0.168. The summed E-state index contributed by atoms with van der Waals surface area (Å²) in [5, 5.41) is 2.68. The number of carbonyl (C=O) groups excluding carboxylic acids is 1. The van der Waals surface area contributed by atoms with Crippen LogP contribution in [-0.4, -0.2) is 36.5 Å². The first-order chi connectivity index (χ1) is 7.19. The van der Waals surface area contributed by atoms with Gasteiger partial charge < -0.3 is 14.5 Å². The quantitative estimate of drug-likeness (QED) is 0.769. The maximum absolute atomic E-state index is 11.6. The second kappa shape index (κ2) is 5.72. The summed E-state index contributed by atoms with van der Waals surface area (Å²) in [5.41, 5.74) is 0.554. The zero-order chi connectivity index (χ0) is 11.3. The zero-order valence-corrected chi connectivity index (χ0v) is 9.37. The standard InChI is InChI=1S/C9H13ClN2O3/c1-6-8(15-5-11-6)9(13)12-7(3-10)4-14-2/h5,7H,3-4H2,1-2H3,(H,12,13). The van der Waals surface area contributed by atoms with Crippen LogP contribution < -0.4 is 5.32 Å². The van der Waals surface area contributed by atoms with Crippen molar-refractivity contribution in [3.63, 3.8) is 0 Å². The van der Waals surface area contributed by atoms with E-state index < -0.39 is 0 Å². The Hall–Kier alpha value is -1.07. The molecule has 1 N–H and O–H groups in total. The maximum Gasteiger partial charge on any atom is 0.289 e. The molecule has 1 aromatic heterocycles. The van der Waals surface area contributed by atoms with Crippen LogP contribution in [0.1, 0.15) is 16.2 Å². The van der Waals surface area contributed by atoms with E-state index >= 15 is 0 Å². The summed E-state index contributed by atoms with van der Waals surface area (Å²) >= 11 is 5.65. The smallest absolute Gasteiger partial charge is 0.289 e. The third kappa shape index (κ3) is 3.21. The molecule has 0 radical (unpaired) electrons. The van der Waals surface area contributed by atoms with Gasteiger partial charge in [0.25, 0.3) is 5.91 Å². The number of carbonyl (C=O) groups is 1. The van der Waals surface area contributed by atoms with Crippen LogP contribution in [-0.2, 0) is 4.74 Å². The van der Waals surface area contributed by atoms with Crippen LogP contribution in [0.4, 0.5) is 0 Å². The first-order valence-electron chi connectivity index (χ1n) is 4.45. The Labute approximate surface area is 92.8 Å². The number of aryl methyl sites for hydroxylation is 1. The highest BCUT2D eigenvalue weighted by atomic mass is 35.5. The van der Waals surface area contributed by atoms with Crippen molar-refractivity contribution in [3.05, 3.63) is 17.8 Å². The van der Waals surface area contributed by atoms with E-state index in [2.05, 4.69) is 10.3 Å². The van der Waals surface area contributed by atoms with Gasteiger partial charge in [-0.3, -0.25) is 4.79 Å². The van der Waals surface area contributed by atoms with Gasteiger partial charge in [0.1, 0.15) is 0 Å². The van der Waals surface area contributed by atoms with Gasteiger partial charge >= 0.3 is 0 Å². The van der Waals surface area contributed by atoms with Crippen molar-refractivity contribution in [3.8, 4) is 0 Å². The van der Waals surface area contributed by atoms with Crippen molar-refractivity contribution in [1.82, 2.24) is 10.3 Å². The second-order valence-electron chi connectivity index (χ2n) is 3.05. The third-order valence-electron chi connectivity index (χ3n) is 1.84. The van der Waals surface area contributed by atoms with Gasteiger partial charge in [0.2, 0.25) is 5.76 Å². The highest BCUT2D eigenvalue weighted by Gasteiger charge is 2.17. The predicted octanol–water partition coefficient (Wildman–Crippen LogP) is 0.967. The fraction of sp³-hybridized carbons (Fsp3) is 0.556. The van der Waals surface area contributed by atoms with Crippen molar-refractivity contribution >= 4 is 17.5 Å². The monoisotopic (exact) mass is 232 g/mol. The van der Waals surface area contributed by atoms with Crippen LogP contribution in [0, 0.1) is 6.92 Å². The summed E-state index contributed by atoms with van der Waals surface area (Å²) in [6, 6.07) is -0.228. The molecule has 6 heteroatoms. The first kappa shape index (κ1) is 12.0. The van der Waals surface area contributed by atoms with Crippen LogP contribution >= 0.6 is 11.6 Å². The van der Waals surface area contributed by atoms with Crippen molar-refractivity contribution in [1.29, 1.82) is 0 Å².